The van der Waals surface area contributed by atoms with Crippen LogP contribution in [0.25, 0.3) is 22.3 Å². The van der Waals surface area contributed by atoms with Crippen molar-refractivity contribution < 1.29 is 29.5 Å². The van der Waals surface area contributed by atoms with Crippen LogP contribution in [0.1, 0.15) is 5.56 Å². The largest absolute Gasteiger partial charge is 0.508 e. The Kier molecular flexibility index (Phi) is 7.15. The number of hydrogen-bond donors (Lipinski definition) is 3. The molecule has 0 saturated carbocycles. The van der Waals surface area contributed by atoms with E-state index in [1.54, 1.807) is 60.7 Å². The van der Waals surface area contributed by atoms with Crippen molar-refractivity contribution >= 4 is 23.2 Å². The SMILES string of the molecule is COc1cc(-c2ccc(O)cc2)c(OC)c(O)c1-c1ccc(OCc2ccc(Cl)cc2Cl)c(O)c1. The average Bonchev–Trinajstić information content (AvgIpc) is 2.84. The molecule has 4 aromatic carbocycles. The molecule has 0 fully saturated rings. The van der Waals surface area contributed by atoms with Gasteiger partial charge in [-0.05, 0) is 53.6 Å². The molecular formula is C27H22Cl2O6. The Morgan fingerprint density at radius 1 is 0.743 bits per heavy atom. The molecule has 4 aromatic rings. The second-order valence-electron chi connectivity index (χ2n) is 7.64. The monoisotopic (exact) mass is 512 g/mol. The molecule has 0 spiro atoms. The normalized spacial score (nSPS) is 10.7. The molecule has 0 aromatic heterocycles. The highest BCUT2D eigenvalue weighted by Gasteiger charge is 2.22. The molecule has 8 heteroatoms. The molecule has 0 radical (unpaired) electrons. The van der Waals surface area contributed by atoms with Gasteiger partial charge >= 0.3 is 0 Å². The van der Waals surface area contributed by atoms with Gasteiger partial charge in [0, 0.05) is 21.2 Å². The highest BCUT2D eigenvalue weighted by atomic mass is 35.5. The summed E-state index contributed by atoms with van der Waals surface area (Å²) in [5, 5.41) is 32.3. The van der Waals surface area contributed by atoms with Crippen molar-refractivity contribution in [3.63, 3.8) is 0 Å². The van der Waals surface area contributed by atoms with E-state index in [0.29, 0.717) is 43.6 Å². The van der Waals surface area contributed by atoms with E-state index < -0.39 is 0 Å². The predicted molar refractivity (Wildman–Crippen MR) is 136 cm³/mol. The highest BCUT2D eigenvalue weighted by Crippen LogP contribution is 2.50. The van der Waals surface area contributed by atoms with Gasteiger partial charge < -0.3 is 29.5 Å². The van der Waals surface area contributed by atoms with Gasteiger partial charge in [-0.25, -0.2) is 0 Å². The fourth-order valence-corrected chi connectivity index (χ4v) is 4.18. The number of methoxy groups -OCH3 is 2. The van der Waals surface area contributed by atoms with E-state index >= 15 is 0 Å². The maximum atomic E-state index is 11.1. The second-order valence-corrected chi connectivity index (χ2v) is 8.48. The molecule has 0 saturated heterocycles. The zero-order valence-electron chi connectivity index (χ0n) is 18.9. The third kappa shape index (κ3) is 5.04. The molecule has 0 bridgehead atoms. The van der Waals surface area contributed by atoms with Crippen LogP contribution >= 0.6 is 23.2 Å². The number of phenolic OH excluding ortho intramolecular Hbond substituents is 3. The minimum absolute atomic E-state index is 0.122. The molecule has 3 N–H and O–H groups in total. The number of hydrogen-bond acceptors (Lipinski definition) is 6. The molecule has 0 heterocycles. The molecule has 0 aliphatic heterocycles. The van der Waals surface area contributed by atoms with Gasteiger partial charge in [0.25, 0.3) is 0 Å². The van der Waals surface area contributed by atoms with E-state index in [4.69, 9.17) is 37.4 Å². The van der Waals surface area contributed by atoms with E-state index in [2.05, 4.69) is 0 Å². The number of phenols is 3. The van der Waals surface area contributed by atoms with Crippen molar-refractivity contribution in [1.82, 2.24) is 0 Å². The van der Waals surface area contributed by atoms with Crippen LogP contribution in [0.15, 0.2) is 66.7 Å². The van der Waals surface area contributed by atoms with E-state index in [1.165, 1.54) is 20.3 Å². The van der Waals surface area contributed by atoms with Crippen LogP contribution in [-0.4, -0.2) is 29.5 Å². The van der Waals surface area contributed by atoms with Crippen molar-refractivity contribution in [2.45, 2.75) is 6.61 Å². The molecule has 0 unspecified atom stereocenters. The Labute approximate surface area is 212 Å². The van der Waals surface area contributed by atoms with Crippen molar-refractivity contribution in [1.29, 1.82) is 0 Å². The number of halogens is 2. The first-order chi connectivity index (χ1) is 16.8. The summed E-state index contributed by atoms with van der Waals surface area (Å²) in [5.41, 5.74) is 2.84. The Bertz CT molecular complexity index is 1370. The fraction of sp³-hybridized carbons (Fsp3) is 0.111. The summed E-state index contributed by atoms with van der Waals surface area (Å²) >= 11 is 12.1. The van der Waals surface area contributed by atoms with Gasteiger partial charge in [-0.15, -0.1) is 0 Å². The Morgan fingerprint density at radius 2 is 1.46 bits per heavy atom. The molecule has 0 aliphatic rings. The lowest BCUT2D eigenvalue weighted by molar-refractivity contribution is 0.289. The van der Waals surface area contributed by atoms with Crippen LogP contribution in [0.5, 0.6) is 34.5 Å². The van der Waals surface area contributed by atoms with Gasteiger partial charge in [0.05, 0.1) is 19.8 Å². The predicted octanol–water partition coefficient (Wildman–Crippen LogP) is 7.04. The Balaban J connectivity index is 1.70. The topological polar surface area (TPSA) is 88.4 Å². The summed E-state index contributed by atoms with van der Waals surface area (Å²) in [4.78, 5) is 0. The van der Waals surface area contributed by atoms with Gasteiger partial charge in [0.2, 0.25) is 0 Å². The van der Waals surface area contributed by atoms with Crippen molar-refractivity contribution in [2.24, 2.45) is 0 Å². The minimum atomic E-state index is -0.157. The van der Waals surface area contributed by atoms with Gasteiger partial charge in [-0.3, -0.25) is 0 Å². The first-order valence-corrected chi connectivity index (χ1v) is 11.3. The zero-order valence-corrected chi connectivity index (χ0v) is 20.4. The van der Waals surface area contributed by atoms with Crippen molar-refractivity contribution in [2.75, 3.05) is 14.2 Å². The molecule has 4 rings (SSSR count). The van der Waals surface area contributed by atoms with Crippen LogP contribution in [0, 0.1) is 0 Å². The summed E-state index contributed by atoms with van der Waals surface area (Å²) in [6, 6.07) is 18.0. The second kappa shape index (κ2) is 10.3. The van der Waals surface area contributed by atoms with E-state index in [-0.39, 0.29) is 35.4 Å². The Hall–Kier alpha value is -3.74. The van der Waals surface area contributed by atoms with Gasteiger partial charge in [0.1, 0.15) is 18.1 Å². The molecule has 0 amide bonds. The third-order valence-electron chi connectivity index (χ3n) is 5.47. The van der Waals surface area contributed by atoms with Gasteiger partial charge in [-0.1, -0.05) is 47.5 Å². The Morgan fingerprint density at radius 3 is 2.09 bits per heavy atom. The third-order valence-corrected chi connectivity index (χ3v) is 6.05. The lowest BCUT2D eigenvalue weighted by Crippen LogP contribution is -1.98. The standard InChI is InChI=1S/C27H22Cl2O6/c1-33-24-13-20(15-4-8-19(30)9-5-15)27(34-2)26(32)25(24)16-6-10-23(22(31)11-16)35-14-17-3-7-18(28)12-21(17)29/h3-13,30-32H,14H2,1-2H3. The molecule has 6 nitrogen and oxygen atoms in total. The quantitative estimate of drug-likeness (QED) is 0.246. The van der Waals surface area contributed by atoms with E-state index in [1.807, 2.05) is 0 Å². The maximum absolute atomic E-state index is 11.1. The summed E-state index contributed by atoms with van der Waals surface area (Å²) in [6.07, 6.45) is 0. The number of rotatable bonds is 7. The lowest BCUT2D eigenvalue weighted by atomic mass is 9.96. The lowest BCUT2D eigenvalue weighted by Gasteiger charge is -2.18. The number of ether oxygens (including phenoxy) is 3. The summed E-state index contributed by atoms with van der Waals surface area (Å²) in [6.45, 7) is 0.132. The van der Waals surface area contributed by atoms with Crippen LogP contribution in [0.3, 0.4) is 0 Å². The van der Waals surface area contributed by atoms with E-state index in [0.717, 1.165) is 0 Å². The van der Waals surface area contributed by atoms with Crippen LogP contribution < -0.4 is 14.2 Å². The fourth-order valence-electron chi connectivity index (χ4n) is 3.72. The summed E-state index contributed by atoms with van der Waals surface area (Å²) in [7, 11) is 2.93. The molecule has 35 heavy (non-hydrogen) atoms. The molecular weight excluding hydrogens is 491 g/mol. The molecule has 0 aliphatic carbocycles. The number of benzene rings is 4. The summed E-state index contributed by atoms with van der Waals surface area (Å²) in [5.74, 6) is 0.671. The van der Waals surface area contributed by atoms with Crippen molar-refractivity contribution in [3.8, 4) is 56.8 Å². The molecule has 180 valence electrons. The van der Waals surface area contributed by atoms with Crippen LogP contribution in [0.4, 0.5) is 0 Å². The van der Waals surface area contributed by atoms with E-state index in [9.17, 15) is 15.3 Å². The minimum Gasteiger partial charge on any atom is -0.508 e. The molecule has 0 atom stereocenters. The van der Waals surface area contributed by atoms with Gasteiger partial charge in [-0.2, -0.15) is 0 Å². The zero-order chi connectivity index (χ0) is 25.1. The van der Waals surface area contributed by atoms with Crippen LogP contribution in [0.2, 0.25) is 10.0 Å². The van der Waals surface area contributed by atoms with Gasteiger partial charge in [0.15, 0.2) is 23.0 Å². The first-order valence-electron chi connectivity index (χ1n) is 10.5. The maximum Gasteiger partial charge on any atom is 0.170 e. The highest BCUT2D eigenvalue weighted by molar-refractivity contribution is 6.35. The number of aromatic hydroxyl groups is 3. The van der Waals surface area contributed by atoms with Crippen LogP contribution in [-0.2, 0) is 6.61 Å². The summed E-state index contributed by atoms with van der Waals surface area (Å²) < 4.78 is 16.8. The van der Waals surface area contributed by atoms with Crippen molar-refractivity contribution in [3.05, 3.63) is 82.3 Å². The smallest absolute Gasteiger partial charge is 0.170 e. The average molecular weight is 513 g/mol. The first kappa shape index (κ1) is 24.4.